The quantitative estimate of drug-likeness (QED) is 0.927. The van der Waals surface area contributed by atoms with E-state index in [0.29, 0.717) is 34.8 Å². The average molecular weight is 303 g/mol. The Morgan fingerprint density at radius 2 is 2.26 bits per heavy atom. The molecule has 1 atom stereocenters. The second-order valence-corrected chi connectivity index (χ2v) is 5.44. The van der Waals surface area contributed by atoms with Crippen molar-refractivity contribution in [3.63, 3.8) is 0 Å². The van der Waals surface area contributed by atoms with Crippen LogP contribution in [0.3, 0.4) is 0 Å². The molecule has 1 amide bonds. The van der Waals surface area contributed by atoms with Gasteiger partial charge in [0.25, 0.3) is 5.91 Å². The Morgan fingerprint density at radius 1 is 1.47 bits per heavy atom. The molecule has 4 nitrogen and oxygen atoms in total. The van der Waals surface area contributed by atoms with Gasteiger partial charge in [-0.3, -0.25) is 4.79 Å². The van der Waals surface area contributed by atoms with Gasteiger partial charge in [-0.2, -0.15) is 0 Å². The Morgan fingerprint density at radius 3 is 2.89 bits per heavy atom. The molecule has 0 spiro atoms. The Balaban J connectivity index is 1.87. The number of hydrogen-bond donors (Lipinski definition) is 1. The largest absolute Gasteiger partial charge is 0.482 e. The van der Waals surface area contributed by atoms with Crippen LogP contribution < -0.4 is 10.5 Å². The van der Waals surface area contributed by atoms with E-state index in [1.165, 1.54) is 0 Å². The highest BCUT2D eigenvalue weighted by molar-refractivity contribution is 6.35. The van der Waals surface area contributed by atoms with E-state index in [2.05, 4.69) is 0 Å². The lowest BCUT2D eigenvalue weighted by Gasteiger charge is -2.17. The van der Waals surface area contributed by atoms with E-state index in [0.717, 1.165) is 13.0 Å². The van der Waals surface area contributed by atoms with Crippen LogP contribution in [0.25, 0.3) is 0 Å². The van der Waals surface area contributed by atoms with Crippen LogP contribution >= 0.6 is 23.2 Å². The van der Waals surface area contributed by atoms with Crippen LogP contribution in [0, 0.1) is 5.92 Å². The van der Waals surface area contributed by atoms with Crippen LogP contribution in [0.4, 0.5) is 0 Å². The Bertz CT molecular complexity index is 468. The number of halogens is 2. The number of nitrogens with zero attached hydrogens (tertiary/aromatic N) is 1. The van der Waals surface area contributed by atoms with Gasteiger partial charge in [-0.05, 0) is 37.1 Å². The van der Waals surface area contributed by atoms with Crippen LogP contribution in [0.15, 0.2) is 18.2 Å². The van der Waals surface area contributed by atoms with Gasteiger partial charge < -0.3 is 15.4 Å². The van der Waals surface area contributed by atoms with E-state index in [1.54, 1.807) is 23.1 Å². The third kappa shape index (κ3) is 3.75. The SMILES string of the molecule is NCC1CCN(C(=O)COc2ccc(Cl)cc2Cl)C1. The maximum atomic E-state index is 11.9. The molecule has 0 radical (unpaired) electrons. The molecule has 1 heterocycles. The number of carbonyl (C=O) groups is 1. The van der Waals surface area contributed by atoms with Crippen molar-refractivity contribution in [2.75, 3.05) is 26.2 Å². The first-order valence-electron chi connectivity index (χ1n) is 6.16. The van der Waals surface area contributed by atoms with Crippen LogP contribution in [0.2, 0.25) is 10.0 Å². The number of likely N-dealkylation sites (tertiary alicyclic amines) is 1. The maximum Gasteiger partial charge on any atom is 0.260 e. The number of nitrogens with two attached hydrogens (primary N) is 1. The van der Waals surface area contributed by atoms with Crippen molar-refractivity contribution in [1.82, 2.24) is 4.90 Å². The van der Waals surface area contributed by atoms with Crippen LogP contribution in [0.5, 0.6) is 5.75 Å². The maximum absolute atomic E-state index is 11.9. The third-order valence-electron chi connectivity index (χ3n) is 3.22. The highest BCUT2D eigenvalue weighted by Crippen LogP contribution is 2.27. The second kappa shape index (κ2) is 6.46. The summed E-state index contributed by atoms with van der Waals surface area (Å²) in [5.74, 6) is 0.832. The summed E-state index contributed by atoms with van der Waals surface area (Å²) in [4.78, 5) is 13.7. The van der Waals surface area contributed by atoms with E-state index in [1.807, 2.05) is 0 Å². The molecule has 0 saturated carbocycles. The minimum atomic E-state index is -0.0398. The Kier molecular flexibility index (Phi) is 4.91. The smallest absolute Gasteiger partial charge is 0.260 e. The number of amides is 1. The van der Waals surface area contributed by atoms with E-state index in [4.69, 9.17) is 33.7 Å². The summed E-state index contributed by atoms with van der Waals surface area (Å²) >= 11 is 11.8. The summed E-state index contributed by atoms with van der Waals surface area (Å²) in [5, 5.41) is 0.940. The standard InChI is InChI=1S/C13H16Cl2N2O2/c14-10-1-2-12(11(15)5-10)19-8-13(18)17-4-3-9(6-16)7-17/h1-2,5,9H,3-4,6-8,16H2. The summed E-state index contributed by atoms with van der Waals surface area (Å²) in [6.45, 7) is 2.07. The second-order valence-electron chi connectivity index (χ2n) is 4.59. The number of ether oxygens (including phenoxy) is 1. The topological polar surface area (TPSA) is 55.6 Å². The van der Waals surface area contributed by atoms with Gasteiger partial charge in [0.05, 0.1) is 5.02 Å². The number of rotatable bonds is 4. The molecule has 1 fully saturated rings. The fraction of sp³-hybridized carbons (Fsp3) is 0.462. The van der Waals surface area contributed by atoms with Gasteiger partial charge in [0.1, 0.15) is 5.75 Å². The number of carbonyl (C=O) groups excluding carboxylic acids is 1. The first kappa shape index (κ1) is 14.4. The van der Waals surface area contributed by atoms with E-state index >= 15 is 0 Å². The molecule has 0 aliphatic carbocycles. The summed E-state index contributed by atoms with van der Waals surface area (Å²) < 4.78 is 5.42. The average Bonchev–Trinajstić information content (AvgIpc) is 2.86. The van der Waals surface area contributed by atoms with Gasteiger partial charge in [-0.15, -0.1) is 0 Å². The summed E-state index contributed by atoms with van der Waals surface area (Å²) in [5.41, 5.74) is 5.60. The van der Waals surface area contributed by atoms with Crippen molar-refractivity contribution in [3.8, 4) is 5.75 Å². The van der Waals surface area contributed by atoms with Crippen molar-refractivity contribution in [1.29, 1.82) is 0 Å². The van der Waals surface area contributed by atoms with Gasteiger partial charge in [0, 0.05) is 18.1 Å². The van der Waals surface area contributed by atoms with Crippen LogP contribution in [-0.4, -0.2) is 37.0 Å². The minimum Gasteiger partial charge on any atom is -0.482 e. The molecule has 1 saturated heterocycles. The molecule has 1 aliphatic rings. The third-order valence-corrected chi connectivity index (χ3v) is 3.75. The molecule has 2 rings (SSSR count). The van der Waals surface area contributed by atoms with Crippen molar-refractivity contribution in [2.45, 2.75) is 6.42 Å². The fourth-order valence-electron chi connectivity index (χ4n) is 2.07. The molecule has 1 unspecified atom stereocenters. The van der Waals surface area contributed by atoms with Gasteiger partial charge in [0.2, 0.25) is 0 Å². The molecule has 2 N–H and O–H groups in total. The summed E-state index contributed by atoms with van der Waals surface area (Å²) in [6.07, 6.45) is 0.962. The fourth-order valence-corrected chi connectivity index (χ4v) is 2.54. The predicted octanol–water partition coefficient (Wildman–Crippen LogP) is 2.18. The molecular formula is C13H16Cl2N2O2. The zero-order chi connectivity index (χ0) is 13.8. The van der Waals surface area contributed by atoms with Gasteiger partial charge >= 0.3 is 0 Å². The predicted molar refractivity (Wildman–Crippen MR) is 75.7 cm³/mol. The van der Waals surface area contributed by atoms with Gasteiger partial charge in [0.15, 0.2) is 6.61 Å². The lowest BCUT2D eigenvalue weighted by molar-refractivity contribution is -0.132. The Labute approximate surface area is 122 Å². The van der Waals surface area contributed by atoms with E-state index in [-0.39, 0.29) is 12.5 Å². The molecule has 0 bridgehead atoms. The molecule has 1 aromatic rings. The highest BCUT2D eigenvalue weighted by Gasteiger charge is 2.25. The lowest BCUT2D eigenvalue weighted by atomic mass is 10.1. The van der Waals surface area contributed by atoms with Crippen LogP contribution in [0.1, 0.15) is 6.42 Å². The first-order valence-corrected chi connectivity index (χ1v) is 6.91. The zero-order valence-corrected chi connectivity index (χ0v) is 12.0. The van der Waals surface area contributed by atoms with Crippen molar-refractivity contribution in [3.05, 3.63) is 28.2 Å². The molecule has 19 heavy (non-hydrogen) atoms. The molecule has 1 aromatic carbocycles. The van der Waals surface area contributed by atoms with E-state index < -0.39 is 0 Å². The highest BCUT2D eigenvalue weighted by atomic mass is 35.5. The molecular weight excluding hydrogens is 287 g/mol. The van der Waals surface area contributed by atoms with Crippen molar-refractivity contribution in [2.24, 2.45) is 11.7 Å². The molecule has 6 heteroatoms. The lowest BCUT2D eigenvalue weighted by Crippen LogP contribution is -2.33. The van der Waals surface area contributed by atoms with Crippen molar-refractivity contribution < 1.29 is 9.53 Å². The molecule has 1 aliphatic heterocycles. The van der Waals surface area contributed by atoms with Crippen molar-refractivity contribution >= 4 is 29.1 Å². The van der Waals surface area contributed by atoms with Gasteiger partial charge in [-0.25, -0.2) is 0 Å². The molecule has 0 aromatic heterocycles. The summed E-state index contributed by atoms with van der Waals surface area (Å²) in [7, 11) is 0. The minimum absolute atomic E-state index is 0.0152. The van der Waals surface area contributed by atoms with Crippen LogP contribution in [-0.2, 0) is 4.79 Å². The van der Waals surface area contributed by atoms with E-state index in [9.17, 15) is 4.79 Å². The number of benzene rings is 1. The summed E-state index contributed by atoms with van der Waals surface area (Å²) in [6, 6.07) is 4.92. The molecule has 104 valence electrons. The first-order chi connectivity index (χ1) is 9.10. The van der Waals surface area contributed by atoms with Gasteiger partial charge in [-0.1, -0.05) is 23.2 Å². The zero-order valence-electron chi connectivity index (χ0n) is 10.4. The normalized spacial score (nSPS) is 18.7. The monoisotopic (exact) mass is 302 g/mol. The number of hydrogen-bond acceptors (Lipinski definition) is 3. The Hall–Kier alpha value is -0.970.